The van der Waals surface area contributed by atoms with Crippen LogP contribution in [0, 0.1) is 0 Å². The zero-order valence-corrected chi connectivity index (χ0v) is 19.0. The van der Waals surface area contributed by atoms with E-state index in [1.807, 2.05) is 0 Å². The molecule has 1 heterocycles. The summed E-state index contributed by atoms with van der Waals surface area (Å²) in [6, 6.07) is 43.6. The van der Waals surface area contributed by atoms with Crippen molar-refractivity contribution in [3.05, 3.63) is 121 Å². The van der Waals surface area contributed by atoms with Crippen molar-refractivity contribution in [2.45, 2.75) is 0 Å². The van der Waals surface area contributed by atoms with Gasteiger partial charge in [-0.2, -0.15) is 0 Å². The van der Waals surface area contributed by atoms with E-state index in [-0.39, 0.29) is 0 Å². The monoisotopic (exact) mass is 444 g/mol. The van der Waals surface area contributed by atoms with Gasteiger partial charge in [-0.15, -0.1) is 0 Å². The van der Waals surface area contributed by atoms with Gasteiger partial charge in [-0.25, -0.2) is 0 Å². The minimum atomic E-state index is 0.949. The second-order valence-electron chi connectivity index (χ2n) is 9.26. The number of benzene rings is 7. The third-order valence-corrected chi connectivity index (χ3v) is 7.43. The van der Waals surface area contributed by atoms with Crippen molar-refractivity contribution >= 4 is 54.3 Å². The Labute approximate surface area is 202 Å². The van der Waals surface area contributed by atoms with Gasteiger partial charge in [0.25, 0.3) is 0 Å². The molecular weight excluding hydrogens is 424 g/mol. The molecule has 0 saturated carbocycles. The third kappa shape index (κ3) is 2.53. The van der Waals surface area contributed by atoms with Crippen molar-refractivity contribution in [3.63, 3.8) is 0 Å². The molecule has 0 aliphatic rings. The van der Waals surface area contributed by atoms with Crippen LogP contribution in [0.5, 0.6) is 0 Å². The summed E-state index contributed by atoms with van der Waals surface area (Å²) in [4.78, 5) is 0. The Kier molecular flexibility index (Phi) is 3.72. The van der Waals surface area contributed by atoms with E-state index in [0.29, 0.717) is 0 Å². The summed E-state index contributed by atoms with van der Waals surface area (Å²) >= 11 is 0. The van der Waals surface area contributed by atoms with Crippen LogP contribution < -0.4 is 0 Å². The quantitative estimate of drug-likeness (QED) is 0.191. The molecule has 0 amide bonds. The van der Waals surface area contributed by atoms with Gasteiger partial charge >= 0.3 is 0 Å². The normalized spacial score (nSPS) is 12.0. The van der Waals surface area contributed by atoms with Crippen LogP contribution in [0.4, 0.5) is 0 Å². The Hall–Kier alpha value is -4.62. The molecular formula is C34H20O. The van der Waals surface area contributed by atoms with Crippen LogP contribution in [0.3, 0.4) is 0 Å². The van der Waals surface area contributed by atoms with Crippen LogP contribution in [-0.2, 0) is 0 Å². The molecule has 0 aliphatic heterocycles. The molecule has 1 nitrogen and oxygen atoms in total. The highest BCUT2D eigenvalue weighted by Gasteiger charge is 2.20. The molecule has 0 atom stereocenters. The molecule has 0 fully saturated rings. The summed E-state index contributed by atoms with van der Waals surface area (Å²) in [5.41, 5.74) is 6.97. The number of fused-ring (bicyclic) bond motifs is 2. The van der Waals surface area contributed by atoms with E-state index in [9.17, 15) is 0 Å². The Bertz CT molecular complexity index is 1990. The lowest BCUT2D eigenvalue weighted by Gasteiger charge is -2.18. The van der Waals surface area contributed by atoms with Crippen LogP contribution >= 0.6 is 0 Å². The third-order valence-electron chi connectivity index (χ3n) is 7.43. The van der Waals surface area contributed by atoms with Gasteiger partial charge in [0, 0.05) is 10.8 Å². The summed E-state index contributed by atoms with van der Waals surface area (Å²) < 4.78 is 6.26. The van der Waals surface area contributed by atoms with E-state index < -0.39 is 0 Å². The SMILES string of the molecule is c1ccc(-c2c3ccccc3c(-c3ccc4oc5cccc6ccc3c4c65)c3ccccc23)cc1. The zero-order valence-electron chi connectivity index (χ0n) is 19.0. The van der Waals surface area contributed by atoms with Gasteiger partial charge in [-0.05, 0) is 72.8 Å². The average molecular weight is 445 g/mol. The number of furan rings is 1. The largest absolute Gasteiger partial charge is 0.456 e. The summed E-state index contributed by atoms with van der Waals surface area (Å²) in [6.07, 6.45) is 0. The van der Waals surface area contributed by atoms with Crippen LogP contribution in [0.15, 0.2) is 126 Å². The summed E-state index contributed by atoms with van der Waals surface area (Å²) in [6.45, 7) is 0. The molecule has 0 aliphatic carbocycles. The van der Waals surface area contributed by atoms with Gasteiger partial charge in [-0.3, -0.25) is 0 Å². The molecule has 0 N–H and O–H groups in total. The second kappa shape index (κ2) is 6.94. The summed E-state index contributed by atoms with van der Waals surface area (Å²) in [5.74, 6) is 0. The molecule has 0 radical (unpaired) electrons. The average Bonchev–Trinajstić information content (AvgIpc) is 3.31. The Morgan fingerprint density at radius 2 is 1.00 bits per heavy atom. The fourth-order valence-corrected chi connectivity index (χ4v) is 6.00. The molecule has 7 aromatic carbocycles. The van der Waals surface area contributed by atoms with Crippen molar-refractivity contribution in [2.24, 2.45) is 0 Å². The van der Waals surface area contributed by atoms with Gasteiger partial charge < -0.3 is 4.42 Å². The predicted molar refractivity (Wildman–Crippen MR) is 148 cm³/mol. The lowest BCUT2D eigenvalue weighted by atomic mass is 9.84. The standard InChI is InChI=1S/C34H20O/c1-2-9-21(10-3-1)31-23-12-4-6-14-25(23)33(26-15-7-5-13-24(26)31)27-19-20-30-34-28(27)18-17-22-11-8-16-29(35-30)32(22)34/h1-20H. The van der Waals surface area contributed by atoms with Gasteiger partial charge in [0.05, 0.1) is 0 Å². The summed E-state index contributed by atoms with van der Waals surface area (Å²) in [7, 11) is 0. The van der Waals surface area contributed by atoms with E-state index >= 15 is 0 Å². The van der Waals surface area contributed by atoms with Crippen LogP contribution in [-0.4, -0.2) is 0 Å². The number of rotatable bonds is 2. The van der Waals surface area contributed by atoms with Gasteiger partial charge in [0.2, 0.25) is 0 Å². The molecule has 35 heavy (non-hydrogen) atoms. The first kappa shape index (κ1) is 18.8. The molecule has 0 bridgehead atoms. The molecule has 8 rings (SSSR count). The molecule has 0 spiro atoms. The Balaban J connectivity index is 1.58. The van der Waals surface area contributed by atoms with Gasteiger partial charge in [0.1, 0.15) is 11.2 Å². The fraction of sp³-hybridized carbons (Fsp3) is 0. The van der Waals surface area contributed by atoms with Crippen molar-refractivity contribution in [1.82, 2.24) is 0 Å². The lowest BCUT2D eigenvalue weighted by Crippen LogP contribution is -1.91. The van der Waals surface area contributed by atoms with E-state index in [4.69, 9.17) is 4.42 Å². The van der Waals surface area contributed by atoms with Crippen molar-refractivity contribution in [1.29, 1.82) is 0 Å². The van der Waals surface area contributed by atoms with E-state index in [1.165, 1.54) is 65.3 Å². The van der Waals surface area contributed by atoms with E-state index in [0.717, 1.165) is 11.2 Å². The smallest absolute Gasteiger partial charge is 0.136 e. The molecule has 1 aromatic heterocycles. The minimum absolute atomic E-state index is 0.949. The maximum absolute atomic E-state index is 6.26. The zero-order chi connectivity index (χ0) is 22.9. The van der Waals surface area contributed by atoms with Crippen molar-refractivity contribution in [2.75, 3.05) is 0 Å². The first-order valence-corrected chi connectivity index (χ1v) is 12.0. The molecule has 8 aromatic rings. The first-order valence-electron chi connectivity index (χ1n) is 12.0. The van der Waals surface area contributed by atoms with Gasteiger partial charge in [0.15, 0.2) is 0 Å². The lowest BCUT2D eigenvalue weighted by molar-refractivity contribution is 0.669. The molecule has 1 heteroatoms. The molecule has 162 valence electrons. The van der Waals surface area contributed by atoms with Crippen LogP contribution in [0.25, 0.3) is 76.5 Å². The van der Waals surface area contributed by atoms with Crippen molar-refractivity contribution in [3.8, 4) is 22.3 Å². The van der Waals surface area contributed by atoms with E-state index in [1.54, 1.807) is 0 Å². The maximum atomic E-state index is 6.26. The van der Waals surface area contributed by atoms with Gasteiger partial charge in [-0.1, -0.05) is 103 Å². The predicted octanol–water partition coefficient (Wildman–Crippen LogP) is 9.82. The van der Waals surface area contributed by atoms with E-state index in [2.05, 4.69) is 121 Å². The highest BCUT2D eigenvalue weighted by molar-refractivity contribution is 6.28. The summed E-state index contributed by atoms with van der Waals surface area (Å²) in [5, 5.41) is 9.99. The van der Waals surface area contributed by atoms with Crippen molar-refractivity contribution < 1.29 is 4.42 Å². The molecule has 0 saturated heterocycles. The topological polar surface area (TPSA) is 13.1 Å². The van der Waals surface area contributed by atoms with Crippen LogP contribution in [0.1, 0.15) is 0 Å². The Morgan fingerprint density at radius 3 is 1.71 bits per heavy atom. The highest BCUT2D eigenvalue weighted by atomic mass is 16.3. The first-order chi connectivity index (χ1) is 17.4. The second-order valence-corrected chi connectivity index (χ2v) is 9.26. The number of hydrogen-bond acceptors (Lipinski definition) is 1. The van der Waals surface area contributed by atoms with Crippen LogP contribution in [0.2, 0.25) is 0 Å². The maximum Gasteiger partial charge on any atom is 0.136 e. The Morgan fingerprint density at radius 1 is 0.371 bits per heavy atom. The minimum Gasteiger partial charge on any atom is -0.456 e. The highest BCUT2D eigenvalue weighted by Crippen LogP contribution is 2.47. The number of hydrogen-bond donors (Lipinski definition) is 0. The fourth-order valence-electron chi connectivity index (χ4n) is 6.00. The molecule has 0 unspecified atom stereocenters.